The molecule has 4 aromatic carbocycles. The number of aryl methyl sites for hydroxylation is 1. The summed E-state index contributed by atoms with van der Waals surface area (Å²) in [4.78, 5) is 28.3. The number of halogens is 2. The molecule has 7 nitrogen and oxygen atoms in total. The number of carbonyl (C=O) groups is 2. The molecule has 1 atom stereocenters. The molecule has 1 N–H and O–H groups in total. The first kappa shape index (κ1) is 30.4. The van der Waals surface area contributed by atoms with E-state index in [-0.39, 0.29) is 29.1 Å². The topological polar surface area (TPSA) is 86.8 Å². The predicted molar refractivity (Wildman–Crippen MR) is 157 cm³/mol. The van der Waals surface area contributed by atoms with Crippen LogP contribution in [-0.4, -0.2) is 44.8 Å². The van der Waals surface area contributed by atoms with Crippen molar-refractivity contribution in [2.75, 3.05) is 17.9 Å². The molecule has 0 saturated heterocycles. The minimum absolute atomic E-state index is 0.107. The fourth-order valence-electron chi connectivity index (χ4n) is 4.50. The van der Waals surface area contributed by atoms with Gasteiger partial charge in [-0.15, -0.1) is 0 Å². The number of nitrogens with one attached hydrogen (secondary N) is 1. The summed E-state index contributed by atoms with van der Waals surface area (Å²) < 4.78 is 57.1. The third-order valence-corrected chi connectivity index (χ3v) is 8.61. The Morgan fingerprint density at radius 3 is 2.07 bits per heavy atom. The van der Waals surface area contributed by atoms with E-state index in [9.17, 15) is 26.8 Å². The first-order chi connectivity index (χ1) is 20.1. The maximum absolute atomic E-state index is 14.8. The summed E-state index contributed by atoms with van der Waals surface area (Å²) in [6, 6.07) is 24.6. The first-order valence-electron chi connectivity index (χ1n) is 13.2. The van der Waals surface area contributed by atoms with E-state index in [2.05, 4.69) is 5.32 Å². The smallest absolute Gasteiger partial charge is 0.264 e. The monoisotopic (exact) mass is 591 g/mol. The number of benzene rings is 4. The molecule has 4 rings (SSSR count). The van der Waals surface area contributed by atoms with Crippen LogP contribution in [0.25, 0.3) is 0 Å². The van der Waals surface area contributed by atoms with Gasteiger partial charge in [0.15, 0.2) is 0 Å². The van der Waals surface area contributed by atoms with E-state index in [1.807, 2.05) is 13.0 Å². The number of likely N-dealkylation sites (N-methyl/N-ethyl adjacent to an activating group) is 1. The summed E-state index contributed by atoms with van der Waals surface area (Å²) in [5.74, 6) is -2.40. The Kier molecular flexibility index (Phi) is 9.69. The van der Waals surface area contributed by atoms with Crippen molar-refractivity contribution in [3.8, 4) is 0 Å². The quantitative estimate of drug-likeness (QED) is 0.270. The van der Waals surface area contributed by atoms with E-state index in [1.54, 1.807) is 54.6 Å². The molecule has 0 spiro atoms. The molecule has 0 fully saturated rings. The molecule has 0 aliphatic carbocycles. The van der Waals surface area contributed by atoms with Gasteiger partial charge < -0.3 is 10.2 Å². The summed E-state index contributed by atoms with van der Waals surface area (Å²) in [5.41, 5.74) is 1.99. The van der Waals surface area contributed by atoms with E-state index in [1.165, 1.54) is 30.1 Å². The van der Waals surface area contributed by atoms with Crippen LogP contribution in [0.4, 0.5) is 14.5 Å². The van der Waals surface area contributed by atoms with Gasteiger partial charge in [-0.2, -0.15) is 0 Å². The highest BCUT2D eigenvalue weighted by Crippen LogP contribution is 2.26. The summed E-state index contributed by atoms with van der Waals surface area (Å²) in [7, 11) is -2.92. The molecule has 0 heterocycles. The normalized spacial score (nSPS) is 11.9. The Balaban J connectivity index is 1.79. The molecule has 1 unspecified atom stereocenters. The molecular weight excluding hydrogens is 560 g/mol. The van der Waals surface area contributed by atoms with Gasteiger partial charge in [-0.25, -0.2) is 17.2 Å². The van der Waals surface area contributed by atoms with Gasteiger partial charge in [-0.1, -0.05) is 66.2 Å². The molecule has 0 saturated carbocycles. The highest BCUT2D eigenvalue weighted by molar-refractivity contribution is 7.92. The number of carbonyl (C=O) groups excluding carboxylic acids is 2. The molecule has 42 heavy (non-hydrogen) atoms. The number of amides is 2. The maximum Gasteiger partial charge on any atom is 0.264 e. The number of rotatable bonds is 11. The van der Waals surface area contributed by atoms with Gasteiger partial charge in [0.25, 0.3) is 10.0 Å². The fraction of sp³-hybridized carbons (Fsp3) is 0.188. The molecule has 4 aromatic rings. The largest absolute Gasteiger partial charge is 0.357 e. The molecule has 2 amide bonds. The Bertz CT molecular complexity index is 1630. The predicted octanol–water partition coefficient (Wildman–Crippen LogP) is 4.85. The van der Waals surface area contributed by atoms with Gasteiger partial charge in [0.1, 0.15) is 24.2 Å². The Labute approximate surface area is 244 Å². The molecule has 0 aromatic heterocycles. The van der Waals surface area contributed by atoms with Crippen LogP contribution in [-0.2, 0) is 32.6 Å². The number of hydrogen-bond acceptors (Lipinski definition) is 4. The summed E-state index contributed by atoms with van der Waals surface area (Å²) >= 11 is 0. The van der Waals surface area contributed by atoms with Crippen molar-refractivity contribution in [1.29, 1.82) is 0 Å². The molecular formula is C32H31F2N3O4S. The molecule has 0 bridgehead atoms. The van der Waals surface area contributed by atoms with Crippen LogP contribution in [0.3, 0.4) is 0 Å². The average molecular weight is 592 g/mol. The van der Waals surface area contributed by atoms with Crippen LogP contribution in [0.15, 0.2) is 108 Å². The van der Waals surface area contributed by atoms with Crippen molar-refractivity contribution in [3.05, 3.63) is 131 Å². The van der Waals surface area contributed by atoms with E-state index in [4.69, 9.17) is 0 Å². The zero-order valence-corrected chi connectivity index (χ0v) is 24.0. The number of hydrogen-bond donors (Lipinski definition) is 1. The van der Waals surface area contributed by atoms with Gasteiger partial charge in [-0.05, 0) is 55.0 Å². The van der Waals surface area contributed by atoms with Crippen LogP contribution in [0.1, 0.15) is 16.7 Å². The van der Waals surface area contributed by atoms with Crippen molar-refractivity contribution in [2.24, 2.45) is 0 Å². The highest BCUT2D eigenvalue weighted by Gasteiger charge is 2.34. The van der Waals surface area contributed by atoms with Crippen molar-refractivity contribution >= 4 is 27.5 Å². The summed E-state index contributed by atoms with van der Waals surface area (Å²) in [6.45, 7) is 0.857. The van der Waals surface area contributed by atoms with E-state index >= 15 is 0 Å². The Morgan fingerprint density at radius 1 is 0.833 bits per heavy atom. The number of anilines is 1. The maximum atomic E-state index is 14.8. The second kappa shape index (κ2) is 13.4. The Hall–Kier alpha value is -4.57. The lowest BCUT2D eigenvalue weighted by molar-refractivity contribution is -0.139. The molecule has 0 aliphatic heterocycles. The summed E-state index contributed by atoms with van der Waals surface area (Å²) in [6.07, 6.45) is 0.107. The number of nitrogens with zero attached hydrogens (tertiary/aromatic N) is 2. The van der Waals surface area contributed by atoms with Gasteiger partial charge in [-0.3, -0.25) is 13.9 Å². The van der Waals surface area contributed by atoms with Crippen LogP contribution >= 0.6 is 0 Å². The lowest BCUT2D eigenvalue weighted by Gasteiger charge is -2.33. The SMILES string of the molecule is CNC(=O)C(Cc1ccccc1)N(Cc1ccccc1F)C(=O)CN(c1ccc(C)cc1)S(=O)(=O)c1ccc(F)cc1. The zero-order valence-electron chi connectivity index (χ0n) is 23.2. The minimum atomic E-state index is -4.36. The number of sulfonamides is 1. The highest BCUT2D eigenvalue weighted by atomic mass is 32.2. The van der Waals surface area contributed by atoms with Crippen LogP contribution < -0.4 is 9.62 Å². The van der Waals surface area contributed by atoms with E-state index in [0.717, 1.165) is 39.7 Å². The zero-order chi connectivity index (χ0) is 30.3. The molecule has 218 valence electrons. The van der Waals surface area contributed by atoms with Crippen molar-refractivity contribution < 1.29 is 26.8 Å². The molecule has 10 heteroatoms. The van der Waals surface area contributed by atoms with Crippen molar-refractivity contribution in [2.45, 2.75) is 30.8 Å². The van der Waals surface area contributed by atoms with Crippen LogP contribution in [0.5, 0.6) is 0 Å². The molecule has 0 aliphatic rings. The van der Waals surface area contributed by atoms with Gasteiger partial charge in [0.2, 0.25) is 11.8 Å². The average Bonchev–Trinajstić information content (AvgIpc) is 2.99. The standard InChI is InChI=1S/C32H31F2N3O4S/c1-23-12-16-27(17-13-23)37(42(40,41)28-18-14-26(33)15-19-28)22-31(38)36(21-25-10-6-7-11-29(25)34)30(32(39)35-2)20-24-8-4-3-5-9-24/h3-19,30H,20-22H2,1-2H3,(H,35,39). The fourth-order valence-corrected chi connectivity index (χ4v) is 5.92. The first-order valence-corrected chi connectivity index (χ1v) is 14.7. The van der Waals surface area contributed by atoms with Crippen LogP contribution in [0.2, 0.25) is 0 Å². The van der Waals surface area contributed by atoms with Crippen molar-refractivity contribution in [1.82, 2.24) is 10.2 Å². The van der Waals surface area contributed by atoms with Gasteiger partial charge >= 0.3 is 0 Å². The second-order valence-electron chi connectivity index (χ2n) is 9.73. The van der Waals surface area contributed by atoms with Gasteiger partial charge in [0, 0.05) is 25.6 Å². The lowest BCUT2D eigenvalue weighted by Crippen LogP contribution is -2.53. The van der Waals surface area contributed by atoms with Crippen LogP contribution in [0, 0.1) is 18.6 Å². The molecule has 0 radical (unpaired) electrons. The summed E-state index contributed by atoms with van der Waals surface area (Å²) in [5, 5.41) is 2.58. The minimum Gasteiger partial charge on any atom is -0.357 e. The third-order valence-electron chi connectivity index (χ3n) is 6.82. The second-order valence-corrected chi connectivity index (χ2v) is 11.6. The van der Waals surface area contributed by atoms with E-state index < -0.39 is 46.1 Å². The third kappa shape index (κ3) is 7.19. The van der Waals surface area contributed by atoms with Crippen molar-refractivity contribution in [3.63, 3.8) is 0 Å². The van der Waals surface area contributed by atoms with E-state index in [0.29, 0.717) is 0 Å². The lowest BCUT2D eigenvalue weighted by atomic mass is 10.0. The Morgan fingerprint density at radius 2 is 1.45 bits per heavy atom. The van der Waals surface area contributed by atoms with Gasteiger partial charge in [0.05, 0.1) is 10.6 Å².